The van der Waals surface area contributed by atoms with Crippen molar-refractivity contribution in [3.63, 3.8) is 0 Å². The van der Waals surface area contributed by atoms with E-state index in [1.54, 1.807) is 0 Å². The monoisotopic (exact) mass is 234 g/mol. The predicted molar refractivity (Wildman–Crippen MR) is 59.5 cm³/mol. The summed E-state index contributed by atoms with van der Waals surface area (Å²) < 4.78 is 20.1. The third-order valence-corrected chi connectivity index (χ3v) is 1.88. The van der Waals surface area contributed by atoms with E-state index in [1.807, 2.05) is 20.8 Å². The summed E-state index contributed by atoms with van der Waals surface area (Å²) in [6.45, 7) is 7.95. The summed E-state index contributed by atoms with van der Waals surface area (Å²) in [5.41, 5.74) is 0. The fourth-order valence-electron chi connectivity index (χ4n) is 0.983. The van der Waals surface area contributed by atoms with Gasteiger partial charge < -0.3 is 18.9 Å². The van der Waals surface area contributed by atoms with E-state index in [9.17, 15) is 4.79 Å². The summed E-state index contributed by atoms with van der Waals surface area (Å²) in [5, 5.41) is 0. The molecule has 96 valence electrons. The quantitative estimate of drug-likeness (QED) is 0.451. The molecule has 0 aromatic heterocycles. The Labute approximate surface area is 97.0 Å². The third-order valence-electron chi connectivity index (χ3n) is 1.88. The maximum absolute atomic E-state index is 11.2. The van der Waals surface area contributed by atoms with Crippen LogP contribution in [0.3, 0.4) is 0 Å². The molecule has 0 bridgehead atoms. The molecule has 0 rings (SSSR count). The van der Waals surface area contributed by atoms with Crippen molar-refractivity contribution in [1.29, 1.82) is 0 Å². The molecule has 0 aromatic rings. The first-order valence-corrected chi connectivity index (χ1v) is 5.73. The number of hydrogen-bond donors (Lipinski definition) is 0. The van der Waals surface area contributed by atoms with Crippen LogP contribution in [0, 0.1) is 0 Å². The predicted octanol–water partition coefficient (Wildman–Crippen LogP) is 1.99. The second-order valence-electron chi connectivity index (χ2n) is 3.10. The summed E-state index contributed by atoms with van der Waals surface area (Å²) in [6.07, 6.45) is -0.189. The van der Waals surface area contributed by atoms with Gasteiger partial charge in [0.1, 0.15) is 12.7 Å². The molecule has 1 unspecified atom stereocenters. The van der Waals surface area contributed by atoms with E-state index in [4.69, 9.17) is 18.9 Å². The molecule has 0 radical (unpaired) electrons. The first-order valence-electron chi connectivity index (χ1n) is 5.73. The maximum Gasteiger partial charge on any atom is 0.508 e. The summed E-state index contributed by atoms with van der Waals surface area (Å²) in [5.74, 6) is 0. The average molecular weight is 234 g/mol. The molecule has 0 aromatic carbocycles. The molecule has 0 heterocycles. The van der Waals surface area contributed by atoms with Gasteiger partial charge in [-0.3, -0.25) is 0 Å². The Morgan fingerprint density at radius 1 is 1.06 bits per heavy atom. The van der Waals surface area contributed by atoms with Crippen LogP contribution in [0.1, 0.15) is 27.2 Å². The number of carbonyl (C=O) groups excluding carboxylic acids is 1. The second kappa shape index (κ2) is 10.7. The first-order chi connectivity index (χ1) is 7.74. The molecule has 0 saturated heterocycles. The van der Waals surface area contributed by atoms with Gasteiger partial charge in [-0.1, -0.05) is 6.92 Å². The lowest BCUT2D eigenvalue weighted by Gasteiger charge is -2.15. The lowest BCUT2D eigenvalue weighted by Crippen LogP contribution is -2.24. The zero-order valence-corrected chi connectivity index (χ0v) is 10.4. The lowest BCUT2D eigenvalue weighted by atomic mass is 10.3. The van der Waals surface area contributed by atoms with Crippen LogP contribution in [-0.2, 0) is 18.9 Å². The molecule has 0 N–H and O–H groups in total. The van der Waals surface area contributed by atoms with Crippen molar-refractivity contribution in [1.82, 2.24) is 0 Å². The van der Waals surface area contributed by atoms with Crippen molar-refractivity contribution in [2.75, 3.05) is 33.0 Å². The van der Waals surface area contributed by atoms with Crippen LogP contribution in [0.25, 0.3) is 0 Å². The molecular formula is C11H22O5. The van der Waals surface area contributed by atoms with Crippen molar-refractivity contribution in [3.8, 4) is 0 Å². The van der Waals surface area contributed by atoms with Gasteiger partial charge in [-0.15, -0.1) is 0 Å². The highest BCUT2D eigenvalue weighted by molar-refractivity contribution is 5.60. The summed E-state index contributed by atoms with van der Waals surface area (Å²) in [6, 6.07) is 0. The SMILES string of the molecule is CCOCCOC(=O)OC(CC)COCC. The van der Waals surface area contributed by atoms with Gasteiger partial charge in [0.05, 0.1) is 13.2 Å². The van der Waals surface area contributed by atoms with Crippen LogP contribution in [0.2, 0.25) is 0 Å². The number of ether oxygens (including phenoxy) is 4. The fraction of sp³-hybridized carbons (Fsp3) is 0.909. The second-order valence-corrected chi connectivity index (χ2v) is 3.10. The molecule has 0 fully saturated rings. The van der Waals surface area contributed by atoms with Crippen molar-refractivity contribution >= 4 is 6.16 Å². The standard InChI is InChI=1S/C11H22O5/c1-4-10(9-14-6-3)16-11(12)15-8-7-13-5-2/h10H,4-9H2,1-3H3. The van der Waals surface area contributed by atoms with E-state index >= 15 is 0 Å². The molecule has 5 nitrogen and oxygen atoms in total. The zero-order valence-electron chi connectivity index (χ0n) is 10.4. The summed E-state index contributed by atoms with van der Waals surface area (Å²) in [7, 11) is 0. The van der Waals surface area contributed by atoms with Crippen LogP contribution in [0.15, 0.2) is 0 Å². The van der Waals surface area contributed by atoms with E-state index in [-0.39, 0.29) is 12.7 Å². The Morgan fingerprint density at radius 2 is 1.75 bits per heavy atom. The Morgan fingerprint density at radius 3 is 2.31 bits per heavy atom. The Balaban J connectivity index is 3.57. The normalized spacial score (nSPS) is 12.2. The molecular weight excluding hydrogens is 212 g/mol. The van der Waals surface area contributed by atoms with Gasteiger partial charge in [0.25, 0.3) is 0 Å². The molecule has 5 heteroatoms. The molecule has 0 aliphatic rings. The van der Waals surface area contributed by atoms with Crippen molar-refractivity contribution in [2.45, 2.75) is 33.3 Å². The van der Waals surface area contributed by atoms with E-state index < -0.39 is 6.16 Å². The topological polar surface area (TPSA) is 54.0 Å². The largest absolute Gasteiger partial charge is 0.508 e. The van der Waals surface area contributed by atoms with Crippen LogP contribution in [-0.4, -0.2) is 45.3 Å². The van der Waals surface area contributed by atoms with E-state index in [0.29, 0.717) is 32.8 Å². The zero-order chi connectivity index (χ0) is 12.2. The Bertz CT molecular complexity index is 172. The molecule has 16 heavy (non-hydrogen) atoms. The molecule has 0 spiro atoms. The van der Waals surface area contributed by atoms with Crippen LogP contribution >= 0.6 is 0 Å². The van der Waals surface area contributed by atoms with Gasteiger partial charge in [0.2, 0.25) is 0 Å². The first kappa shape index (κ1) is 15.2. The minimum atomic E-state index is -0.661. The maximum atomic E-state index is 11.2. The highest BCUT2D eigenvalue weighted by Crippen LogP contribution is 2.01. The average Bonchev–Trinajstić information content (AvgIpc) is 2.30. The van der Waals surface area contributed by atoms with Crippen molar-refractivity contribution in [3.05, 3.63) is 0 Å². The highest BCUT2D eigenvalue weighted by atomic mass is 16.7. The highest BCUT2D eigenvalue weighted by Gasteiger charge is 2.13. The van der Waals surface area contributed by atoms with Gasteiger partial charge in [0, 0.05) is 13.2 Å². The van der Waals surface area contributed by atoms with Gasteiger partial charge in [-0.2, -0.15) is 0 Å². The van der Waals surface area contributed by atoms with E-state index in [2.05, 4.69) is 0 Å². The molecule has 1 atom stereocenters. The summed E-state index contributed by atoms with van der Waals surface area (Å²) in [4.78, 5) is 11.2. The minimum absolute atomic E-state index is 0.220. The van der Waals surface area contributed by atoms with Crippen LogP contribution in [0.5, 0.6) is 0 Å². The number of hydrogen-bond acceptors (Lipinski definition) is 5. The van der Waals surface area contributed by atoms with Crippen molar-refractivity contribution in [2.24, 2.45) is 0 Å². The third kappa shape index (κ3) is 8.49. The van der Waals surface area contributed by atoms with E-state index in [1.165, 1.54) is 0 Å². The Hall–Kier alpha value is -0.810. The minimum Gasteiger partial charge on any atom is -0.432 e. The van der Waals surface area contributed by atoms with Gasteiger partial charge in [-0.25, -0.2) is 4.79 Å². The lowest BCUT2D eigenvalue weighted by molar-refractivity contribution is -0.0230. The molecule has 0 amide bonds. The molecule has 0 saturated carbocycles. The van der Waals surface area contributed by atoms with Gasteiger partial charge in [0.15, 0.2) is 0 Å². The van der Waals surface area contributed by atoms with E-state index in [0.717, 1.165) is 0 Å². The Kier molecular flexibility index (Phi) is 10.2. The number of rotatable bonds is 9. The fourth-order valence-corrected chi connectivity index (χ4v) is 0.983. The van der Waals surface area contributed by atoms with Crippen LogP contribution < -0.4 is 0 Å². The van der Waals surface area contributed by atoms with Crippen molar-refractivity contribution < 1.29 is 23.7 Å². The number of carbonyl (C=O) groups is 1. The molecule has 0 aliphatic heterocycles. The smallest absolute Gasteiger partial charge is 0.432 e. The van der Waals surface area contributed by atoms with Gasteiger partial charge in [-0.05, 0) is 20.3 Å². The molecule has 0 aliphatic carbocycles. The van der Waals surface area contributed by atoms with Gasteiger partial charge >= 0.3 is 6.16 Å². The summed E-state index contributed by atoms with van der Waals surface area (Å²) >= 11 is 0. The van der Waals surface area contributed by atoms with Crippen LogP contribution in [0.4, 0.5) is 4.79 Å².